The van der Waals surface area contributed by atoms with Gasteiger partial charge in [0.25, 0.3) is 0 Å². The van der Waals surface area contributed by atoms with Gasteiger partial charge in [-0.05, 0) is 6.92 Å². The minimum Gasteiger partial charge on any atom is -0.390 e. The topological polar surface area (TPSA) is 69.9 Å². The molecule has 4 heteroatoms. The first kappa shape index (κ1) is 7.94. The standard InChI is InChI=1S/C6H12O4/c1-3-2-4(7)5(8)6(9)10-3/h3-9H,2H2,1H3/t3-,4-,5+,6-/m1/s1. The molecule has 4 atom stereocenters. The smallest absolute Gasteiger partial charge is 0.183 e. The van der Waals surface area contributed by atoms with Gasteiger partial charge in [0.1, 0.15) is 6.10 Å². The lowest BCUT2D eigenvalue weighted by Gasteiger charge is -2.32. The summed E-state index contributed by atoms with van der Waals surface area (Å²) in [4.78, 5) is 0. The van der Waals surface area contributed by atoms with E-state index in [0.717, 1.165) is 0 Å². The minimum atomic E-state index is -1.24. The Morgan fingerprint density at radius 1 is 1.30 bits per heavy atom. The summed E-state index contributed by atoms with van der Waals surface area (Å²) in [6.45, 7) is 1.73. The molecule has 0 aromatic heterocycles. The summed E-state index contributed by atoms with van der Waals surface area (Å²) in [6.07, 6.45) is -3.07. The summed E-state index contributed by atoms with van der Waals surface area (Å²) in [5.41, 5.74) is 0. The molecular formula is C6H12O4. The van der Waals surface area contributed by atoms with Gasteiger partial charge in [-0.1, -0.05) is 0 Å². The van der Waals surface area contributed by atoms with Gasteiger partial charge in [0.15, 0.2) is 6.29 Å². The fraction of sp³-hybridized carbons (Fsp3) is 1.00. The zero-order valence-corrected chi connectivity index (χ0v) is 5.77. The normalized spacial score (nSPS) is 49.2. The molecule has 3 N–H and O–H groups in total. The van der Waals surface area contributed by atoms with Gasteiger partial charge in [-0.15, -0.1) is 0 Å². The van der Waals surface area contributed by atoms with Crippen LogP contribution < -0.4 is 0 Å². The number of aliphatic hydroxyl groups is 3. The molecule has 1 heterocycles. The number of ether oxygens (including phenoxy) is 1. The first-order valence-electron chi connectivity index (χ1n) is 3.31. The third kappa shape index (κ3) is 1.46. The summed E-state index contributed by atoms with van der Waals surface area (Å²) in [5, 5.41) is 26.9. The number of hydrogen-bond donors (Lipinski definition) is 3. The van der Waals surface area contributed by atoms with Crippen molar-refractivity contribution in [2.24, 2.45) is 0 Å². The van der Waals surface area contributed by atoms with Crippen LogP contribution in [0.5, 0.6) is 0 Å². The Kier molecular flexibility index (Phi) is 2.25. The molecule has 0 radical (unpaired) electrons. The van der Waals surface area contributed by atoms with E-state index in [9.17, 15) is 0 Å². The molecule has 1 aliphatic rings. The monoisotopic (exact) mass is 148 g/mol. The van der Waals surface area contributed by atoms with E-state index in [1.54, 1.807) is 6.92 Å². The predicted octanol–water partition coefficient (Wildman–Crippen LogP) is -1.16. The molecule has 0 saturated carbocycles. The van der Waals surface area contributed by atoms with Gasteiger partial charge in [-0.2, -0.15) is 0 Å². The molecule has 60 valence electrons. The third-order valence-corrected chi connectivity index (χ3v) is 1.63. The summed E-state index contributed by atoms with van der Waals surface area (Å²) in [6, 6.07) is 0. The molecule has 0 bridgehead atoms. The zero-order valence-electron chi connectivity index (χ0n) is 5.77. The van der Waals surface area contributed by atoms with Crippen molar-refractivity contribution < 1.29 is 20.1 Å². The highest BCUT2D eigenvalue weighted by molar-refractivity contribution is 4.77. The average molecular weight is 148 g/mol. The number of aliphatic hydroxyl groups excluding tert-OH is 3. The van der Waals surface area contributed by atoms with Crippen LogP contribution in [0.4, 0.5) is 0 Å². The number of hydrogen-bond acceptors (Lipinski definition) is 4. The molecular weight excluding hydrogens is 136 g/mol. The van der Waals surface area contributed by atoms with Gasteiger partial charge in [0.2, 0.25) is 0 Å². The van der Waals surface area contributed by atoms with Crippen molar-refractivity contribution in [2.75, 3.05) is 0 Å². The largest absolute Gasteiger partial charge is 0.390 e. The maximum atomic E-state index is 9.03. The molecule has 10 heavy (non-hydrogen) atoms. The third-order valence-electron chi connectivity index (χ3n) is 1.63. The lowest BCUT2D eigenvalue weighted by molar-refractivity contribution is -0.242. The van der Waals surface area contributed by atoms with Gasteiger partial charge < -0.3 is 20.1 Å². The molecule has 4 nitrogen and oxygen atoms in total. The molecule has 0 unspecified atom stereocenters. The van der Waals surface area contributed by atoms with Crippen LogP contribution in [-0.4, -0.2) is 39.9 Å². The van der Waals surface area contributed by atoms with Gasteiger partial charge >= 0.3 is 0 Å². The van der Waals surface area contributed by atoms with Crippen LogP contribution in [-0.2, 0) is 4.74 Å². The van der Waals surface area contributed by atoms with Crippen LogP contribution in [0.1, 0.15) is 13.3 Å². The van der Waals surface area contributed by atoms with E-state index < -0.39 is 18.5 Å². The van der Waals surface area contributed by atoms with Crippen LogP contribution in [0.2, 0.25) is 0 Å². The van der Waals surface area contributed by atoms with E-state index in [-0.39, 0.29) is 6.10 Å². The van der Waals surface area contributed by atoms with Crippen molar-refractivity contribution in [3.8, 4) is 0 Å². The van der Waals surface area contributed by atoms with Crippen molar-refractivity contribution in [3.63, 3.8) is 0 Å². The van der Waals surface area contributed by atoms with E-state index in [1.807, 2.05) is 0 Å². The van der Waals surface area contributed by atoms with Gasteiger partial charge in [0, 0.05) is 6.42 Å². The quantitative estimate of drug-likeness (QED) is 0.405. The lowest BCUT2D eigenvalue weighted by Crippen LogP contribution is -2.47. The fourth-order valence-electron chi connectivity index (χ4n) is 1.04. The van der Waals surface area contributed by atoms with Crippen LogP contribution in [0.25, 0.3) is 0 Å². The molecule has 0 aromatic carbocycles. The van der Waals surface area contributed by atoms with Crippen LogP contribution in [0.15, 0.2) is 0 Å². The Morgan fingerprint density at radius 2 is 1.90 bits per heavy atom. The molecule has 0 aliphatic carbocycles. The van der Waals surface area contributed by atoms with E-state index >= 15 is 0 Å². The molecule has 0 spiro atoms. The molecule has 0 amide bonds. The van der Waals surface area contributed by atoms with E-state index in [1.165, 1.54) is 0 Å². The van der Waals surface area contributed by atoms with Gasteiger partial charge in [-0.25, -0.2) is 0 Å². The number of rotatable bonds is 0. The Labute approximate surface area is 59.1 Å². The van der Waals surface area contributed by atoms with E-state index in [0.29, 0.717) is 6.42 Å². The summed E-state index contributed by atoms with van der Waals surface area (Å²) >= 11 is 0. The van der Waals surface area contributed by atoms with Crippen molar-refractivity contribution in [1.29, 1.82) is 0 Å². The Balaban J connectivity index is 2.49. The molecule has 1 aliphatic heterocycles. The molecule has 0 aromatic rings. The highest BCUT2D eigenvalue weighted by Crippen LogP contribution is 2.17. The Morgan fingerprint density at radius 3 is 2.40 bits per heavy atom. The van der Waals surface area contributed by atoms with Crippen LogP contribution in [0, 0.1) is 0 Å². The average Bonchev–Trinajstić information content (AvgIpc) is 1.82. The summed E-state index contributed by atoms with van der Waals surface area (Å²) < 4.78 is 4.81. The highest BCUT2D eigenvalue weighted by Gasteiger charge is 2.33. The van der Waals surface area contributed by atoms with Crippen molar-refractivity contribution in [2.45, 2.75) is 37.9 Å². The van der Waals surface area contributed by atoms with Crippen molar-refractivity contribution >= 4 is 0 Å². The molecule has 1 fully saturated rings. The van der Waals surface area contributed by atoms with E-state index in [4.69, 9.17) is 20.1 Å². The predicted molar refractivity (Wildman–Crippen MR) is 33.2 cm³/mol. The van der Waals surface area contributed by atoms with Crippen molar-refractivity contribution in [3.05, 3.63) is 0 Å². The molecule has 1 saturated heterocycles. The Bertz CT molecular complexity index is 104. The maximum absolute atomic E-state index is 9.03. The SMILES string of the molecule is C[C@@H]1C[C@@H](O)[C@H](O)[C@H](O)O1. The lowest BCUT2D eigenvalue weighted by atomic mass is 10.0. The second-order valence-electron chi connectivity index (χ2n) is 2.63. The van der Waals surface area contributed by atoms with Gasteiger partial charge in [-0.3, -0.25) is 0 Å². The fourth-order valence-corrected chi connectivity index (χ4v) is 1.04. The minimum absolute atomic E-state index is 0.187. The van der Waals surface area contributed by atoms with Gasteiger partial charge in [0.05, 0.1) is 12.2 Å². The first-order valence-corrected chi connectivity index (χ1v) is 3.31. The summed E-state index contributed by atoms with van der Waals surface area (Å²) in [7, 11) is 0. The second kappa shape index (κ2) is 2.84. The second-order valence-corrected chi connectivity index (χ2v) is 2.63. The maximum Gasteiger partial charge on any atom is 0.183 e. The summed E-state index contributed by atoms with van der Waals surface area (Å²) in [5.74, 6) is 0. The first-order chi connectivity index (χ1) is 4.61. The van der Waals surface area contributed by atoms with E-state index in [2.05, 4.69) is 0 Å². The highest BCUT2D eigenvalue weighted by atomic mass is 16.6. The van der Waals surface area contributed by atoms with Crippen molar-refractivity contribution in [1.82, 2.24) is 0 Å². The zero-order chi connectivity index (χ0) is 7.72. The molecule has 1 rings (SSSR count). The Hall–Kier alpha value is -0.160. The van der Waals surface area contributed by atoms with Crippen LogP contribution in [0.3, 0.4) is 0 Å². The van der Waals surface area contributed by atoms with Crippen LogP contribution >= 0.6 is 0 Å².